The van der Waals surface area contributed by atoms with Gasteiger partial charge in [-0.1, -0.05) is 23.2 Å². The van der Waals surface area contributed by atoms with Crippen LogP contribution in [0.3, 0.4) is 0 Å². The summed E-state index contributed by atoms with van der Waals surface area (Å²) in [6.07, 6.45) is 2.07. The highest BCUT2D eigenvalue weighted by Crippen LogP contribution is 2.31. The minimum absolute atomic E-state index is 0.170. The van der Waals surface area contributed by atoms with E-state index in [1.165, 1.54) is 11.3 Å². The number of hydrogen-bond donors (Lipinski definition) is 2. The molecule has 1 aliphatic heterocycles. The predicted octanol–water partition coefficient (Wildman–Crippen LogP) is 2.55. The molecule has 2 heterocycles. The molecule has 0 spiro atoms. The Morgan fingerprint density at radius 1 is 1.63 bits per heavy atom. The molecule has 2 N–H and O–H groups in total. The first-order valence-corrected chi connectivity index (χ1v) is 7.60. The summed E-state index contributed by atoms with van der Waals surface area (Å²) < 4.78 is 6.17. The number of nitrogens with one attached hydrogen (secondary N) is 2. The smallest absolute Gasteiger partial charge is 0.253 e. The minimum atomic E-state index is -0.197. The van der Waals surface area contributed by atoms with Crippen LogP contribution in [0, 0.1) is 0 Å². The quantitative estimate of drug-likeness (QED) is 0.876. The normalized spacial score (nSPS) is 22.7. The second-order valence-corrected chi connectivity index (χ2v) is 6.95. The monoisotopic (exact) mass is 322 g/mol. The van der Waals surface area contributed by atoms with Crippen LogP contribution < -0.4 is 10.6 Å². The molecule has 106 valence electrons. The molecular formula is C12H16Cl2N2O2S. The summed E-state index contributed by atoms with van der Waals surface area (Å²) in [5.41, 5.74) is 0.263. The highest BCUT2D eigenvalue weighted by molar-refractivity contribution is 7.20. The van der Waals surface area contributed by atoms with E-state index >= 15 is 0 Å². The highest BCUT2D eigenvalue weighted by Gasteiger charge is 2.34. The summed E-state index contributed by atoms with van der Waals surface area (Å²) in [4.78, 5) is 12.1. The van der Waals surface area contributed by atoms with Gasteiger partial charge in [0.15, 0.2) is 0 Å². The largest absolute Gasteiger partial charge is 0.383 e. The Morgan fingerprint density at radius 2 is 2.42 bits per heavy atom. The molecule has 0 radical (unpaired) electrons. The Hall–Kier alpha value is -0.330. The third kappa shape index (κ3) is 3.61. The van der Waals surface area contributed by atoms with Gasteiger partial charge in [0.05, 0.1) is 22.0 Å². The van der Waals surface area contributed by atoms with Crippen molar-refractivity contribution in [1.82, 2.24) is 10.6 Å². The summed E-state index contributed by atoms with van der Waals surface area (Å²) in [6.45, 7) is 2.04. The number of amides is 1. The molecule has 4 nitrogen and oxygen atoms in total. The second kappa shape index (κ2) is 6.41. The molecule has 2 rings (SSSR count). The van der Waals surface area contributed by atoms with Crippen LogP contribution >= 0.6 is 34.5 Å². The average molecular weight is 323 g/mol. The van der Waals surface area contributed by atoms with Crippen molar-refractivity contribution >= 4 is 40.4 Å². The Labute approximate surface area is 126 Å². The molecule has 1 atom stereocenters. The summed E-state index contributed by atoms with van der Waals surface area (Å²) in [7, 11) is 1.67. The van der Waals surface area contributed by atoms with Crippen LogP contribution in [0.25, 0.3) is 0 Å². The van der Waals surface area contributed by atoms with Crippen LogP contribution in [0.2, 0.25) is 8.67 Å². The van der Waals surface area contributed by atoms with Crippen molar-refractivity contribution in [3.05, 3.63) is 20.3 Å². The molecule has 1 aliphatic rings. The zero-order valence-electron chi connectivity index (χ0n) is 10.6. The first kappa shape index (κ1) is 15.1. The van der Waals surface area contributed by atoms with Crippen molar-refractivity contribution in [2.24, 2.45) is 0 Å². The maximum absolute atomic E-state index is 12.1. The average Bonchev–Trinajstić information content (AvgIpc) is 2.94. The van der Waals surface area contributed by atoms with Crippen LogP contribution in [-0.4, -0.2) is 38.3 Å². The molecule has 0 aromatic carbocycles. The third-order valence-corrected chi connectivity index (χ3v) is 4.73. The number of halogens is 2. The SMILES string of the molecule is COCC1(CNC(=O)c2cc(Cl)sc2Cl)CCCN1. The first-order chi connectivity index (χ1) is 9.06. The van der Waals surface area contributed by atoms with Crippen LogP contribution in [0.5, 0.6) is 0 Å². The Bertz CT molecular complexity index is 459. The van der Waals surface area contributed by atoms with E-state index in [-0.39, 0.29) is 11.4 Å². The van der Waals surface area contributed by atoms with E-state index in [0.717, 1.165) is 19.4 Å². The Morgan fingerprint density at radius 3 is 2.95 bits per heavy atom. The van der Waals surface area contributed by atoms with Gasteiger partial charge in [0, 0.05) is 13.7 Å². The molecule has 1 aromatic rings. The Kier molecular flexibility index (Phi) is 5.09. The standard InChI is InChI=1S/C12H16Cl2N2O2S/c1-18-7-12(3-2-4-16-12)6-15-11(17)8-5-9(13)19-10(8)14/h5,16H,2-4,6-7H2,1H3,(H,15,17). The maximum Gasteiger partial charge on any atom is 0.253 e. The van der Waals surface area contributed by atoms with Crippen molar-refractivity contribution < 1.29 is 9.53 Å². The highest BCUT2D eigenvalue weighted by atomic mass is 35.5. The topological polar surface area (TPSA) is 50.4 Å². The predicted molar refractivity (Wildman–Crippen MR) is 78.5 cm³/mol. The van der Waals surface area contributed by atoms with E-state index < -0.39 is 0 Å². The second-order valence-electron chi connectivity index (χ2n) is 4.66. The van der Waals surface area contributed by atoms with Gasteiger partial charge >= 0.3 is 0 Å². The van der Waals surface area contributed by atoms with Crippen molar-refractivity contribution in [2.75, 3.05) is 26.8 Å². The Balaban J connectivity index is 1.97. The van der Waals surface area contributed by atoms with Crippen LogP contribution in [0.15, 0.2) is 6.07 Å². The van der Waals surface area contributed by atoms with Crippen molar-refractivity contribution in [3.8, 4) is 0 Å². The fourth-order valence-electron chi connectivity index (χ4n) is 2.31. The molecule has 1 saturated heterocycles. The van der Waals surface area contributed by atoms with Crippen molar-refractivity contribution in [2.45, 2.75) is 18.4 Å². The van der Waals surface area contributed by atoms with Gasteiger partial charge in [0.25, 0.3) is 5.91 Å². The molecule has 0 saturated carbocycles. The van der Waals surface area contributed by atoms with Crippen molar-refractivity contribution in [3.63, 3.8) is 0 Å². The van der Waals surface area contributed by atoms with Gasteiger partial charge in [-0.05, 0) is 25.5 Å². The maximum atomic E-state index is 12.1. The van der Waals surface area contributed by atoms with E-state index in [4.69, 9.17) is 27.9 Å². The van der Waals surface area contributed by atoms with Gasteiger partial charge in [0.2, 0.25) is 0 Å². The van der Waals surface area contributed by atoms with E-state index in [1.54, 1.807) is 13.2 Å². The van der Waals surface area contributed by atoms with Gasteiger partial charge in [0.1, 0.15) is 4.34 Å². The van der Waals surface area contributed by atoms with Crippen molar-refractivity contribution in [1.29, 1.82) is 0 Å². The minimum Gasteiger partial charge on any atom is -0.383 e. The van der Waals surface area contributed by atoms with Gasteiger partial charge in [-0.2, -0.15) is 0 Å². The van der Waals surface area contributed by atoms with Gasteiger partial charge in [-0.25, -0.2) is 0 Å². The lowest BCUT2D eigenvalue weighted by molar-refractivity contribution is 0.0892. The summed E-state index contributed by atoms with van der Waals surface area (Å²) in [6, 6.07) is 1.59. The lowest BCUT2D eigenvalue weighted by Gasteiger charge is -2.28. The fourth-order valence-corrected chi connectivity index (χ4v) is 3.77. The third-order valence-electron chi connectivity index (χ3n) is 3.24. The van der Waals surface area contributed by atoms with E-state index in [0.29, 0.717) is 27.4 Å². The number of methoxy groups -OCH3 is 1. The molecule has 0 bridgehead atoms. The number of carbonyl (C=O) groups excluding carboxylic acids is 1. The number of carbonyl (C=O) groups is 1. The van der Waals surface area contributed by atoms with Gasteiger partial charge in [-0.3, -0.25) is 4.79 Å². The summed E-state index contributed by atoms with van der Waals surface area (Å²) >= 11 is 13.0. The zero-order valence-corrected chi connectivity index (χ0v) is 12.9. The number of rotatable bonds is 5. The van der Waals surface area contributed by atoms with E-state index in [2.05, 4.69) is 10.6 Å². The first-order valence-electron chi connectivity index (χ1n) is 6.03. The number of hydrogen-bond acceptors (Lipinski definition) is 4. The number of thiophene rings is 1. The fraction of sp³-hybridized carbons (Fsp3) is 0.583. The molecule has 0 aliphatic carbocycles. The zero-order chi connectivity index (χ0) is 13.9. The molecular weight excluding hydrogens is 307 g/mol. The van der Waals surface area contributed by atoms with Crippen LogP contribution in [0.1, 0.15) is 23.2 Å². The van der Waals surface area contributed by atoms with E-state index in [9.17, 15) is 4.79 Å². The van der Waals surface area contributed by atoms with Crippen LogP contribution in [-0.2, 0) is 4.74 Å². The van der Waals surface area contributed by atoms with Gasteiger partial charge < -0.3 is 15.4 Å². The molecule has 19 heavy (non-hydrogen) atoms. The summed E-state index contributed by atoms with van der Waals surface area (Å²) in [5.74, 6) is -0.197. The molecule has 1 fully saturated rings. The van der Waals surface area contributed by atoms with Gasteiger partial charge in [-0.15, -0.1) is 11.3 Å². The van der Waals surface area contributed by atoms with E-state index in [1.807, 2.05) is 0 Å². The van der Waals surface area contributed by atoms with Crippen LogP contribution in [0.4, 0.5) is 0 Å². The lowest BCUT2D eigenvalue weighted by atomic mass is 9.98. The molecule has 7 heteroatoms. The lowest BCUT2D eigenvalue weighted by Crippen LogP contribution is -2.52. The molecule has 1 amide bonds. The molecule has 1 aromatic heterocycles. The molecule has 1 unspecified atom stereocenters. The summed E-state index contributed by atoms with van der Waals surface area (Å²) in [5, 5.41) is 6.30. The number of ether oxygens (including phenoxy) is 1.